The van der Waals surface area contributed by atoms with E-state index in [9.17, 15) is 9.18 Å². The Bertz CT molecular complexity index is 961. The van der Waals surface area contributed by atoms with Crippen LogP contribution in [0.1, 0.15) is 16.1 Å². The van der Waals surface area contributed by atoms with Gasteiger partial charge in [-0.2, -0.15) is 15.4 Å². The number of nitrogens with one attached hydrogen (secondary N) is 1. The van der Waals surface area contributed by atoms with Gasteiger partial charge in [-0.25, -0.2) is 4.39 Å². The quantitative estimate of drug-likeness (QED) is 0.688. The first-order valence-corrected chi connectivity index (χ1v) is 7.83. The average molecular weight is 377 g/mol. The number of para-hydroxylation sites is 1. The SMILES string of the molecule is COc1cccc(-c2n[nH]nc2C(N)=O)c1OCc1ccc(F)cc1Cl. The summed E-state index contributed by atoms with van der Waals surface area (Å²) in [6.45, 7) is 0.0518. The van der Waals surface area contributed by atoms with Gasteiger partial charge in [0.2, 0.25) is 0 Å². The number of aromatic amines is 1. The highest BCUT2D eigenvalue weighted by Crippen LogP contribution is 2.38. The number of rotatable bonds is 6. The number of H-pyrrole nitrogens is 1. The number of amides is 1. The predicted octanol–water partition coefficient (Wildman–Crippen LogP) is 2.95. The van der Waals surface area contributed by atoms with Crippen molar-refractivity contribution in [3.63, 3.8) is 0 Å². The van der Waals surface area contributed by atoms with Crippen LogP contribution >= 0.6 is 11.6 Å². The second-order valence-electron chi connectivity index (χ2n) is 5.25. The number of carbonyl (C=O) groups is 1. The largest absolute Gasteiger partial charge is 0.493 e. The third kappa shape index (κ3) is 3.45. The Morgan fingerprint density at radius 2 is 2.12 bits per heavy atom. The van der Waals surface area contributed by atoms with Crippen LogP contribution in [0.4, 0.5) is 4.39 Å². The summed E-state index contributed by atoms with van der Waals surface area (Å²) in [4.78, 5) is 11.6. The molecule has 9 heteroatoms. The van der Waals surface area contributed by atoms with Crippen molar-refractivity contribution in [1.29, 1.82) is 0 Å². The smallest absolute Gasteiger partial charge is 0.271 e. The molecule has 0 aliphatic carbocycles. The molecule has 1 aromatic heterocycles. The molecule has 1 heterocycles. The van der Waals surface area contributed by atoms with Crippen LogP contribution in [0.2, 0.25) is 5.02 Å². The number of nitrogens with zero attached hydrogens (tertiary/aromatic N) is 2. The lowest BCUT2D eigenvalue weighted by Gasteiger charge is -2.15. The molecule has 0 fully saturated rings. The lowest BCUT2D eigenvalue weighted by Crippen LogP contribution is -2.13. The number of primary amides is 1. The highest BCUT2D eigenvalue weighted by atomic mass is 35.5. The molecule has 0 bridgehead atoms. The molecule has 0 saturated carbocycles. The van der Waals surface area contributed by atoms with E-state index >= 15 is 0 Å². The third-order valence-corrected chi connectivity index (χ3v) is 3.97. The normalized spacial score (nSPS) is 10.6. The van der Waals surface area contributed by atoms with Gasteiger partial charge in [-0.1, -0.05) is 23.7 Å². The number of halogens is 2. The van der Waals surface area contributed by atoms with E-state index in [4.69, 9.17) is 26.8 Å². The molecule has 3 rings (SSSR count). The van der Waals surface area contributed by atoms with Crippen molar-refractivity contribution in [1.82, 2.24) is 15.4 Å². The maximum atomic E-state index is 13.2. The highest BCUT2D eigenvalue weighted by Gasteiger charge is 2.21. The zero-order valence-corrected chi connectivity index (χ0v) is 14.4. The molecule has 0 aliphatic heterocycles. The van der Waals surface area contributed by atoms with Gasteiger partial charge in [-0.3, -0.25) is 4.79 Å². The number of carbonyl (C=O) groups excluding carboxylic acids is 1. The van der Waals surface area contributed by atoms with Crippen LogP contribution in [-0.2, 0) is 6.61 Å². The molecule has 0 aliphatic rings. The second-order valence-corrected chi connectivity index (χ2v) is 5.65. The zero-order valence-electron chi connectivity index (χ0n) is 13.6. The van der Waals surface area contributed by atoms with Gasteiger partial charge in [-0.15, -0.1) is 0 Å². The van der Waals surface area contributed by atoms with Crippen LogP contribution < -0.4 is 15.2 Å². The van der Waals surface area contributed by atoms with Gasteiger partial charge in [-0.05, 0) is 24.3 Å². The van der Waals surface area contributed by atoms with Gasteiger partial charge in [0.1, 0.15) is 18.1 Å². The van der Waals surface area contributed by atoms with Gasteiger partial charge in [0.15, 0.2) is 17.2 Å². The summed E-state index contributed by atoms with van der Waals surface area (Å²) in [5.74, 6) is -0.430. The first kappa shape index (κ1) is 17.7. The van der Waals surface area contributed by atoms with Gasteiger partial charge in [0, 0.05) is 5.56 Å². The maximum absolute atomic E-state index is 13.2. The molecule has 2 aromatic carbocycles. The summed E-state index contributed by atoms with van der Waals surface area (Å²) in [6, 6.07) is 9.11. The van der Waals surface area contributed by atoms with Gasteiger partial charge in [0.05, 0.1) is 17.7 Å². The summed E-state index contributed by atoms with van der Waals surface area (Å²) in [6.07, 6.45) is 0. The van der Waals surface area contributed by atoms with Crippen LogP contribution in [0, 0.1) is 5.82 Å². The molecule has 0 atom stereocenters. The van der Waals surface area contributed by atoms with Crippen molar-refractivity contribution in [2.45, 2.75) is 6.61 Å². The molecule has 0 radical (unpaired) electrons. The molecule has 0 unspecified atom stereocenters. The molecule has 26 heavy (non-hydrogen) atoms. The van der Waals surface area contributed by atoms with Crippen molar-refractivity contribution in [3.8, 4) is 22.8 Å². The number of nitrogens with two attached hydrogens (primary N) is 1. The van der Waals surface area contributed by atoms with E-state index in [0.29, 0.717) is 22.6 Å². The number of benzene rings is 2. The van der Waals surface area contributed by atoms with Gasteiger partial charge >= 0.3 is 0 Å². The Labute approximate surface area is 152 Å². The van der Waals surface area contributed by atoms with Crippen molar-refractivity contribution in [2.24, 2.45) is 5.73 Å². The molecule has 7 nitrogen and oxygen atoms in total. The summed E-state index contributed by atoms with van der Waals surface area (Å²) in [5.41, 5.74) is 6.58. The van der Waals surface area contributed by atoms with Crippen LogP contribution in [0.5, 0.6) is 11.5 Å². The average Bonchev–Trinajstić information content (AvgIpc) is 3.10. The lowest BCUT2D eigenvalue weighted by atomic mass is 10.1. The Morgan fingerprint density at radius 3 is 2.81 bits per heavy atom. The first-order chi connectivity index (χ1) is 12.5. The van der Waals surface area contributed by atoms with E-state index in [1.54, 1.807) is 18.2 Å². The topological polar surface area (TPSA) is 103 Å². The standard InChI is InChI=1S/C17H14ClFN4O3/c1-25-13-4-2-3-11(14-15(17(20)24)22-23-21-14)16(13)26-8-9-5-6-10(19)7-12(9)18/h2-7H,8H2,1H3,(H2,20,24)(H,21,22,23). The van der Waals surface area contributed by atoms with Crippen LogP contribution in [0.3, 0.4) is 0 Å². The highest BCUT2D eigenvalue weighted by molar-refractivity contribution is 6.31. The fourth-order valence-corrected chi connectivity index (χ4v) is 2.61. The predicted molar refractivity (Wildman–Crippen MR) is 92.6 cm³/mol. The van der Waals surface area contributed by atoms with Crippen molar-refractivity contribution >= 4 is 17.5 Å². The minimum atomic E-state index is -0.732. The number of hydrogen-bond acceptors (Lipinski definition) is 5. The number of ether oxygens (including phenoxy) is 2. The minimum absolute atomic E-state index is 0.0251. The Morgan fingerprint density at radius 1 is 1.31 bits per heavy atom. The lowest BCUT2D eigenvalue weighted by molar-refractivity contribution is 0.0996. The van der Waals surface area contributed by atoms with E-state index in [1.807, 2.05) is 0 Å². The van der Waals surface area contributed by atoms with Crippen LogP contribution in [0.25, 0.3) is 11.3 Å². The molecule has 1 amide bonds. The second kappa shape index (κ2) is 7.40. The van der Waals surface area contributed by atoms with Gasteiger partial charge in [0.25, 0.3) is 5.91 Å². The van der Waals surface area contributed by atoms with E-state index in [1.165, 1.54) is 25.3 Å². The van der Waals surface area contributed by atoms with E-state index < -0.39 is 11.7 Å². The number of methoxy groups -OCH3 is 1. The van der Waals surface area contributed by atoms with E-state index in [-0.39, 0.29) is 23.0 Å². The Kier molecular flexibility index (Phi) is 5.04. The maximum Gasteiger partial charge on any atom is 0.271 e. The molecule has 3 aromatic rings. The summed E-state index contributed by atoms with van der Waals surface area (Å²) in [7, 11) is 1.48. The zero-order chi connectivity index (χ0) is 18.7. The Balaban J connectivity index is 2.00. The summed E-state index contributed by atoms with van der Waals surface area (Å²) in [5, 5.41) is 10.3. The molecule has 0 saturated heterocycles. The van der Waals surface area contributed by atoms with Gasteiger partial charge < -0.3 is 15.2 Å². The van der Waals surface area contributed by atoms with E-state index in [0.717, 1.165) is 0 Å². The molecular formula is C17H14ClFN4O3. The third-order valence-electron chi connectivity index (χ3n) is 3.62. The first-order valence-electron chi connectivity index (χ1n) is 7.46. The molecule has 134 valence electrons. The Hall–Kier alpha value is -3.13. The van der Waals surface area contributed by atoms with Crippen molar-refractivity contribution in [3.05, 3.63) is 58.5 Å². The minimum Gasteiger partial charge on any atom is -0.493 e. The fraction of sp³-hybridized carbons (Fsp3) is 0.118. The van der Waals surface area contributed by atoms with Crippen molar-refractivity contribution in [2.75, 3.05) is 7.11 Å². The number of aromatic nitrogens is 3. The van der Waals surface area contributed by atoms with Crippen molar-refractivity contribution < 1.29 is 18.7 Å². The molecular weight excluding hydrogens is 363 g/mol. The fourth-order valence-electron chi connectivity index (χ4n) is 2.39. The monoisotopic (exact) mass is 376 g/mol. The number of hydrogen-bond donors (Lipinski definition) is 2. The summed E-state index contributed by atoms with van der Waals surface area (Å²) >= 11 is 6.04. The molecule has 0 spiro atoms. The van der Waals surface area contributed by atoms with Crippen LogP contribution in [0.15, 0.2) is 36.4 Å². The summed E-state index contributed by atoms with van der Waals surface area (Å²) < 4.78 is 24.4. The molecule has 3 N–H and O–H groups in total. The van der Waals surface area contributed by atoms with Crippen LogP contribution in [-0.4, -0.2) is 28.4 Å². The van der Waals surface area contributed by atoms with E-state index in [2.05, 4.69) is 15.4 Å².